The summed E-state index contributed by atoms with van der Waals surface area (Å²) in [6, 6.07) is 13.7. The van der Waals surface area contributed by atoms with Crippen LogP contribution in [0.5, 0.6) is 0 Å². The molecule has 1 fully saturated rings. The number of nitrogen functional groups attached to an aromatic ring is 1. The third-order valence-electron chi connectivity index (χ3n) is 5.06. The van der Waals surface area contributed by atoms with Crippen LogP contribution in [0, 0.1) is 0 Å². The van der Waals surface area contributed by atoms with Gasteiger partial charge < -0.3 is 15.5 Å². The van der Waals surface area contributed by atoms with Crippen molar-refractivity contribution in [1.29, 1.82) is 0 Å². The fraction of sp³-hybridized carbons (Fsp3) is 0.286. The topological polar surface area (TPSA) is 49.6 Å². The van der Waals surface area contributed by atoms with Crippen LogP contribution in [0.25, 0.3) is 6.08 Å². The fourth-order valence-corrected chi connectivity index (χ4v) is 3.78. The van der Waals surface area contributed by atoms with Crippen LogP contribution in [0.3, 0.4) is 0 Å². The first-order chi connectivity index (χ1) is 12.5. The van der Waals surface area contributed by atoms with Gasteiger partial charge in [0, 0.05) is 37.6 Å². The zero-order valence-corrected chi connectivity index (χ0v) is 15.7. The second-order valence-corrected chi connectivity index (χ2v) is 7.04. The molecule has 1 aliphatic rings. The number of carbonyl (C=O) groups is 1. The van der Waals surface area contributed by atoms with Crippen molar-refractivity contribution in [3.8, 4) is 0 Å². The van der Waals surface area contributed by atoms with Crippen LogP contribution in [0.1, 0.15) is 28.8 Å². The lowest BCUT2D eigenvalue weighted by Gasteiger charge is -2.38. The first kappa shape index (κ1) is 18.3. The lowest BCUT2D eigenvalue weighted by atomic mass is 10.0. The highest BCUT2D eigenvalue weighted by molar-refractivity contribution is 6.34. The van der Waals surface area contributed by atoms with Gasteiger partial charge in [-0.1, -0.05) is 42.5 Å². The van der Waals surface area contributed by atoms with Crippen LogP contribution in [0.2, 0.25) is 5.02 Å². The Morgan fingerprint density at radius 1 is 1.27 bits per heavy atom. The molecule has 136 valence electrons. The first-order valence-corrected chi connectivity index (χ1v) is 9.17. The minimum atomic E-state index is -0.0254. The lowest BCUT2D eigenvalue weighted by molar-refractivity contribution is 0.0713. The summed E-state index contributed by atoms with van der Waals surface area (Å²) in [6.07, 6.45) is 3.72. The Morgan fingerprint density at radius 3 is 2.62 bits per heavy atom. The van der Waals surface area contributed by atoms with Crippen LogP contribution < -0.4 is 10.6 Å². The monoisotopic (exact) mass is 369 g/mol. The third kappa shape index (κ3) is 3.70. The van der Waals surface area contributed by atoms with E-state index in [0.29, 0.717) is 35.4 Å². The number of anilines is 2. The van der Waals surface area contributed by atoms with Crippen molar-refractivity contribution in [3.63, 3.8) is 0 Å². The minimum Gasteiger partial charge on any atom is -0.399 e. The molecule has 0 unspecified atom stereocenters. The fourth-order valence-electron chi connectivity index (χ4n) is 3.51. The number of rotatable bonds is 4. The highest BCUT2D eigenvalue weighted by Gasteiger charge is 2.27. The van der Waals surface area contributed by atoms with Gasteiger partial charge in [-0.25, -0.2) is 0 Å². The molecule has 0 saturated carbocycles. The van der Waals surface area contributed by atoms with E-state index >= 15 is 0 Å². The predicted octanol–water partition coefficient (Wildman–Crippen LogP) is 4.31. The number of nitrogens with two attached hydrogens (primary N) is 1. The zero-order chi connectivity index (χ0) is 18.7. The van der Waals surface area contributed by atoms with Gasteiger partial charge in [0.1, 0.15) is 0 Å². The number of hydrogen-bond acceptors (Lipinski definition) is 3. The van der Waals surface area contributed by atoms with E-state index in [0.717, 1.165) is 18.4 Å². The second-order valence-electron chi connectivity index (χ2n) is 6.64. The van der Waals surface area contributed by atoms with E-state index in [2.05, 4.69) is 30.7 Å². The molecule has 2 aromatic rings. The summed E-state index contributed by atoms with van der Waals surface area (Å²) in [4.78, 5) is 16.9. The first-order valence-electron chi connectivity index (χ1n) is 8.80. The Hall–Kier alpha value is -2.46. The van der Waals surface area contributed by atoms with Crippen LogP contribution in [0.4, 0.5) is 11.4 Å². The normalized spacial score (nSPS) is 14.9. The molecule has 0 aliphatic carbocycles. The maximum absolute atomic E-state index is 12.8. The SMILES string of the molecule is C=Cc1ccccc1N(C)C1CCN(C(=O)c2ccc(N)cc2Cl)CC1. The van der Waals surface area contributed by atoms with Crippen molar-refractivity contribution in [2.45, 2.75) is 18.9 Å². The number of piperidine rings is 1. The largest absolute Gasteiger partial charge is 0.399 e. The summed E-state index contributed by atoms with van der Waals surface area (Å²) in [5.74, 6) is -0.0254. The second kappa shape index (κ2) is 7.83. The molecular formula is C21H24ClN3O. The summed E-state index contributed by atoms with van der Waals surface area (Å²) in [5, 5.41) is 0.411. The van der Waals surface area contributed by atoms with Crippen molar-refractivity contribution in [1.82, 2.24) is 4.90 Å². The van der Waals surface area contributed by atoms with Crippen molar-refractivity contribution in [3.05, 3.63) is 65.2 Å². The van der Waals surface area contributed by atoms with Crippen molar-refractivity contribution in [2.24, 2.45) is 0 Å². The molecule has 1 saturated heterocycles. The molecule has 0 bridgehead atoms. The number of para-hydroxylation sites is 1. The summed E-state index contributed by atoms with van der Waals surface area (Å²) in [7, 11) is 2.11. The number of halogens is 1. The Balaban J connectivity index is 1.67. The van der Waals surface area contributed by atoms with Gasteiger partial charge in [0.25, 0.3) is 5.91 Å². The van der Waals surface area contributed by atoms with E-state index in [-0.39, 0.29) is 5.91 Å². The number of amides is 1. The minimum absolute atomic E-state index is 0.0254. The van der Waals surface area contributed by atoms with E-state index in [9.17, 15) is 4.79 Å². The van der Waals surface area contributed by atoms with E-state index in [4.69, 9.17) is 17.3 Å². The lowest BCUT2D eigenvalue weighted by Crippen LogP contribution is -2.45. The standard InChI is InChI=1S/C21H24ClN3O/c1-3-15-6-4-5-7-20(15)24(2)17-10-12-25(13-11-17)21(26)18-9-8-16(23)14-19(18)22/h3-9,14,17H,1,10-13,23H2,2H3. The number of likely N-dealkylation sites (tertiary alicyclic amines) is 1. The summed E-state index contributed by atoms with van der Waals surface area (Å²) < 4.78 is 0. The van der Waals surface area contributed by atoms with Crippen LogP contribution >= 0.6 is 11.6 Å². The molecule has 2 N–H and O–H groups in total. The van der Waals surface area contributed by atoms with Gasteiger partial charge in [0.05, 0.1) is 10.6 Å². The Bertz CT molecular complexity index is 813. The molecule has 0 radical (unpaired) electrons. The van der Waals surface area contributed by atoms with Gasteiger partial charge in [-0.15, -0.1) is 0 Å². The molecular weight excluding hydrogens is 346 g/mol. The van der Waals surface area contributed by atoms with Crippen LogP contribution in [-0.4, -0.2) is 37.0 Å². The molecule has 0 atom stereocenters. The predicted molar refractivity (Wildman–Crippen MR) is 110 cm³/mol. The van der Waals surface area contributed by atoms with Gasteiger partial charge >= 0.3 is 0 Å². The Kier molecular flexibility index (Phi) is 5.52. The average molecular weight is 370 g/mol. The number of nitrogens with zero attached hydrogens (tertiary/aromatic N) is 2. The molecule has 0 spiro atoms. The molecule has 3 rings (SSSR count). The maximum atomic E-state index is 12.8. The van der Waals surface area contributed by atoms with Gasteiger partial charge in [-0.3, -0.25) is 4.79 Å². The molecule has 4 nitrogen and oxygen atoms in total. The average Bonchev–Trinajstić information content (AvgIpc) is 2.67. The van der Waals surface area contributed by atoms with E-state index in [1.807, 2.05) is 23.1 Å². The third-order valence-corrected chi connectivity index (χ3v) is 5.37. The van der Waals surface area contributed by atoms with Crippen molar-refractivity contribution in [2.75, 3.05) is 30.8 Å². The molecule has 1 aliphatic heterocycles. The molecule has 5 heteroatoms. The number of carbonyl (C=O) groups excluding carboxylic acids is 1. The van der Waals surface area contributed by atoms with Crippen molar-refractivity contribution >= 4 is 35.0 Å². The summed E-state index contributed by atoms with van der Waals surface area (Å²) >= 11 is 6.19. The number of benzene rings is 2. The van der Waals surface area contributed by atoms with E-state index < -0.39 is 0 Å². The highest BCUT2D eigenvalue weighted by atomic mass is 35.5. The van der Waals surface area contributed by atoms with Gasteiger partial charge in [-0.05, 0) is 42.7 Å². The highest BCUT2D eigenvalue weighted by Crippen LogP contribution is 2.27. The van der Waals surface area contributed by atoms with Crippen LogP contribution in [-0.2, 0) is 0 Å². The van der Waals surface area contributed by atoms with Crippen LogP contribution in [0.15, 0.2) is 49.0 Å². The van der Waals surface area contributed by atoms with E-state index in [1.54, 1.807) is 18.2 Å². The van der Waals surface area contributed by atoms with Gasteiger partial charge in [0.15, 0.2) is 0 Å². The molecule has 26 heavy (non-hydrogen) atoms. The zero-order valence-electron chi connectivity index (χ0n) is 15.0. The van der Waals surface area contributed by atoms with Gasteiger partial charge in [0.2, 0.25) is 0 Å². The Morgan fingerprint density at radius 2 is 1.96 bits per heavy atom. The van der Waals surface area contributed by atoms with Gasteiger partial charge in [-0.2, -0.15) is 0 Å². The summed E-state index contributed by atoms with van der Waals surface area (Å²) in [6.45, 7) is 5.33. The maximum Gasteiger partial charge on any atom is 0.255 e. The quantitative estimate of drug-likeness (QED) is 0.817. The molecule has 0 aromatic heterocycles. The molecule has 2 aromatic carbocycles. The van der Waals surface area contributed by atoms with Crippen molar-refractivity contribution < 1.29 is 4.79 Å². The Labute approximate surface area is 159 Å². The smallest absolute Gasteiger partial charge is 0.255 e. The summed E-state index contributed by atoms with van der Waals surface area (Å²) in [5.41, 5.74) is 9.10. The molecule has 1 heterocycles. The number of hydrogen-bond donors (Lipinski definition) is 1. The molecule has 1 amide bonds. The van der Waals surface area contributed by atoms with E-state index in [1.165, 1.54) is 5.69 Å².